The average Bonchev–Trinajstić information content (AvgIpc) is 3.41. The van der Waals surface area contributed by atoms with Crippen LogP contribution in [0, 0.1) is 6.92 Å². The number of rotatable bonds is 6. The molecule has 0 saturated carbocycles. The van der Waals surface area contributed by atoms with Crippen molar-refractivity contribution in [1.29, 1.82) is 0 Å². The lowest BCUT2D eigenvalue weighted by Crippen LogP contribution is -1.96. The number of thiazole rings is 1. The zero-order valence-corrected chi connectivity index (χ0v) is 16.1. The van der Waals surface area contributed by atoms with Crippen LogP contribution < -0.4 is 10.1 Å². The number of benzene rings is 1. The largest absolute Gasteiger partial charge is 0.497 e. The molecule has 0 bridgehead atoms. The predicted molar refractivity (Wildman–Crippen MR) is 108 cm³/mol. The number of aromatic nitrogens is 3. The van der Waals surface area contributed by atoms with Crippen LogP contribution in [0.2, 0.25) is 0 Å². The molecule has 26 heavy (non-hydrogen) atoms. The standard InChI is InChI=1S/C19H18N4OS2/c1-13-18(26-19(21-13)20-11-14-8-10-25-12-14)17-7-9-23(22-17)15-3-5-16(24-2)6-4-15/h3-10,12H,11H2,1-2H3,(H,20,21). The minimum atomic E-state index is 0.788. The molecule has 1 N–H and O–H groups in total. The van der Waals surface area contributed by atoms with Gasteiger partial charge in [-0.15, -0.1) is 0 Å². The highest BCUT2D eigenvalue weighted by Gasteiger charge is 2.13. The van der Waals surface area contributed by atoms with E-state index < -0.39 is 0 Å². The van der Waals surface area contributed by atoms with Crippen LogP contribution in [0.5, 0.6) is 5.75 Å². The van der Waals surface area contributed by atoms with Crippen molar-refractivity contribution in [2.45, 2.75) is 13.5 Å². The van der Waals surface area contributed by atoms with Gasteiger partial charge in [0.2, 0.25) is 0 Å². The molecule has 0 radical (unpaired) electrons. The summed E-state index contributed by atoms with van der Waals surface area (Å²) >= 11 is 3.34. The van der Waals surface area contributed by atoms with Crippen LogP contribution in [0.15, 0.2) is 53.4 Å². The molecule has 0 amide bonds. The molecule has 132 valence electrons. The van der Waals surface area contributed by atoms with E-state index in [-0.39, 0.29) is 0 Å². The first kappa shape index (κ1) is 16.8. The van der Waals surface area contributed by atoms with Crippen molar-refractivity contribution in [3.8, 4) is 22.0 Å². The fraction of sp³-hybridized carbons (Fsp3) is 0.158. The summed E-state index contributed by atoms with van der Waals surface area (Å²) in [5, 5.41) is 13.3. The molecule has 5 nitrogen and oxygen atoms in total. The smallest absolute Gasteiger partial charge is 0.183 e. The molecule has 4 rings (SSSR count). The molecular weight excluding hydrogens is 364 g/mol. The minimum absolute atomic E-state index is 0.788. The highest BCUT2D eigenvalue weighted by Crippen LogP contribution is 2.32. The topological polar surface area (TPSA) is 52.0 Å². The van der Waals surface area contributed by atoms with E-state index in [2.05, 4.69) is 27.1 Å². The number of nitrogens with zero attached hydrogens (tertiary/aromatic N) is 3. The van der Waals surface area contributed by atoms with Gasteiger partial charge in [0.1, 0.15) is 11.4 Å². The van der Waals surface area contributed by atoms with Gasteiger partial charge in [-0.25, -0.2) is 9.67 Å². The number of anilines is 1. The lowest BCUT2D eigenvalue weighted by atomic mass is 10.3. The summed E-state index contributed by atoms with van der Waals surface area (Å²) in [6.07, 6.45) is 1.97. The van der Waals surface area contributed by atoms with Gasteiger partial charge < -0.3 is 10.1 Å². The Hall–Kier alpha value is -2.64. The van der Waals surface area contributed by atoms with E-state index in [1.165, 1.54) is 5.56 Å². The van der Waals surface area contributed by atoms with Crippen LogP contribution in [0.3, 0.4) is 0 Å². The number of hydrogen-bond donors (Lipinski definition) is 1. The maximum atomic E-state index is 5.21. The van der Waals surface area contributed by atoms with Crippen molar-refractivity contribution in [1.82, 2.24) is 14.8 Å². The van der Waals surface area contributed by atoms with Gasteiger partial charge in [-0.2, -0.15) is 16.4 Å². The third-order valence-electron chi connectivity index (χ3n) is 3.98. The van der Waals surface area contributed by atoms with Crippen molar-refractivity contribution in [3.05, 3.63) is 64.6 Å². The summed E-state index contributed by atoms with van der Waals surface area (Å²) < 4.78 is 7.07. The molecule has 0 aliphatic rings. The SMILES string of the molecule is COc1ccc(-n2ccc(-c3sc(NCc4ccsc4)nc3C)n2)cc1. The Balaban J connectivity index is 1.53. The summed E-state index contributed by atoms with van der Waals surface area (Å²) in [6, 6.07) is 12.0. The molecule has 3 aromatic heterocycles. The monoisotopic (exact) mass is 382 g/mol. The summed E-state index contributed by atoms with van der Waals surface area (Å²) in [5.41, 5.74) is 4.19. The second kappa shape index (κ2) is 7.31. The predicted octanol–water partition coefficient (Wildman–Crippen LogP) is 4.99. The van der Waals surface area contributed by atoms with Gasteiger partial charge >= 0.3 is 0 Å². The molecule has 0 spiro atoms. The number of thiophene rings is 1. The summed E-state index contributed by atoms with van der Waals surface area (Å²) in [4.78, 5) is 5.72. The zero-order valence-electron chi connectivity index (χ0n) is 14.5. The quantitative estimate of drug-likeness (QED) is 0.511. The summed E-state index contributed by atoms with van der Waals surface area (Å²) in [5.74, 6) is 0.834. The Morgan fingerprint density at radius 2 is 2.00 bits per heavy atom. The van der Waals surface area contributed by atoms with Crippen molar-refractivity contribution < 1.29 is 4.74 Å². The molecule has 1 aromatic carbocycles. The average molecular weight is 383 g/mol. The van der Waals surface area contributed by atoms with Crippen molar-refractivity contribution in [2.75, 3.05) is 12.4 Å². The molecule has 0 aliphatic heterocycles. The minimum Gasteiger partial charge on any atom is -0.497 e. The zero-order chi connectivity index (χ0) is 17.9. The number of aryl methyl sites for hydroxylation is 1. The normalized spacial score (nSPS) is 10.8. The maximum Gasteiger partial charge on any atom is 0.183 e. The summed E-state index contributed by atoms with van der Waals surface area (Å²) in [6.45, 7) is 2.81. The van der Waals surface area contributed by atoms with Gasteiger partial charge in [-0.1, -0.05) is 11.3 Å². The number of hydrogen-bond acceptors (Lipinski definition) is 6. The first-order valence-corrected chi connectivity index (χ1v) is 9.92. The number of methoxy groups -OCH3 is 1. The fourth-order valence-electron chi connectivity index (χ4n) is 2.60. The van der Waals surface area contributed by atoms with Crippen molar-refractivity contribution >= 4 is 27.8 Å². The lowest BCUT2D eigenvalue weighted by Gasteiger charge is -2.03. The number of ether oxygens (including phenoxy) is 1. The number of nitrogens with one attached hydrogen (secondary N) is 1. The highest BCUT2D eigenvalue weighted by atomic mass is 32.1. The molecule has 4 aromatic rings. The molecule has 0 fully saturated rings. The van der Waals surface area contributed by atoms with Gasteiger partial charge in [-0.3, -0.25) is 0 Å². The van der Waals surface area contributed by atoms with Crippen LogP contribution in [-0.2, 0) is 6.54 Å². The van der Waals surface area contributed by atoms with Gasteiger partial charge in [0.05, 0.1) is 23.4 Å². The molecule has 7 heteroatoms. The molecular formula is C19H18N4OS2. The van der Waals surface area contributed by atoms with Crippen LogP contribution in [0.25, 0.3) is 16.3 Å². The van der Waals surface area contributed by atoms with Crippen LogP contribution in [0.1, 0.15) is 11.3 Å². The Bertz CT molecular complexity index is 987. The molecule has 0 aliphatic carbocycles. The Kier molecular flexibility index (Phi) is 4.73. The Morgan fingerprint density at radius 1 is 1.15 bits per heavy atom. The van der Waals surface area contributed by atoms with Gasteiger partial charge in [0.15, 0.2) is 5.13 Å². The van der Waals surface area contributed by atoms with Crippen molar-refractivity contribution in [3.63, 3.8) is 0 Å². The Morgan fingerprint density at radius 3 is 2.73 bits per heavy atom. The van der Waals surface area contributed by atoms with Gasteiger partial charge in [0, 0.05) is 12.7 Å². The first-order chi connectivity index (χ1) is 12.7. The van der Waals surface area contributed by atoms with Crippen molar-refractivity contribution in [2.24, 2.45) is 0 Å². The van der Waals surface area contributed by atoms with Gasteiger partial charge in [0.25, 0.3) is 0 Å². The third-order valence-corrected chi connectivity index (χ3v) is 5.85. The van der Waals surface area contributed by atoms with E-state index >= 15 is 0 Å². The maximum absolute atomic E-state index is 5.21. The van der Waals surface area contributed by atoms with Crippen LogP contribution in [0.4, 0.5) is 5.13 Å². The van der Waals surface area contributed by atoms with Crippen LogP contribution in [-0.4, -0.2) is 21.9 Å². The van der Waals surface area contributed by atoms with Gasteiger partial charge in [-0.05, 0) is 59.6 Å². The third kappa shape index (κ3) is 3.49. The molecule has 0 saturated heterocycles. The van der Waals surface area contributed by atoms with E-state index in [4.69, 9.17) is 9.84 Å². The highest BCUT2D eigenvalue weighted by molar-refractivity contribution is 7.19. The lowest BCUT2D eigenvalue weighted by molar-refractivity contribution is 0.414. The van der Waals surface area contributed by atoms with E-state index in [0.29, 0.717) is 0 Å². The first-order valence-electron chi connectivity index (χ1n) is 8.16. The van der Waals surface area contributed by atoms with E-state index in [1.807, 2.05) is 48.1 Å². The second-order valence-corrected chi connectivity index (χ2v) is 7.54. The van der Waals surface area contributed by atoms with Crippen LogP contribution >= 0.6 is 22.7 Å². The van der Waals surface area contributed by atoms with E-state index in [1.54, 1.807) is 29.8 Å². The van der Waals surface area contributed by atoms with E-state index in [0.717, 1.165) is 39.4 Å². The molecule has 0 atom stereocenters. The van der Waals surface area contributed by atoms with E-state index in [9.17, 15) is 0 Å². The molecule has 0 unspecified atom stereocenters. The summed E-state index contributed by atoms with van der Waals surface area (Å²) in [7, 11) is 1.66. The molecule has 3 heterocycles. The fourth-order valence-corrected chi connectivity index (χ4v) is 4.20. The second-order valence-electron chi connectivity index (χ2n) is 5.76. The Labute approximate surface area is 159 Å².